The summed E-state index contributed by atoms with van der Waals surface area (Å²) in [7, 11) is 0. The normalized spacial score (nSPS) is 28.2. The van der Waals surface area contributed by atoms with Crippen LogP contribution in [0.2, 0.25) is 0 Å². The summed E-state index contributed by atoms with van der Waals surface area (Å²) in [6.07, 6.45) is 7.29. The molecule has 3 N–H and O–H groups in total. The van der Waals surface area contributed by atoms with Crippen molar-refractivity contribution < 1.29 is 14.7 Å². The van der Waals surface area contributed by atoms with Crippen LogP contribution in [0.5, 0.6) is 0 Å². The zero-order valence-corrected chi connectivity index (χ0v) is 12.3. The highest BCUT2D eigenvalue weighted by atomic mass is 16.4. The number of urea groups is 1. The summed E-state index contributed by atoms with van der Waals surface area (Å²) in [5.41, 5.74) is 0.270. The van der Waals surface area contributed by atoms with Crippen LogP contribution in [-0.2, 0) is 4.79 Å². The largest absolute Gasteiger partial charge is 0.481 e. The van der Waals surface area contributed by atoms with E-state index in [1.54, 1.807) is 0 Å². The molecule has 20 heavy (non-hydrogen) atoms. The molecule has 0 saturated heterocycles. The van der Waals surface area contributed by atoms with E-state index in [1.807, 2.05) is 0 Å². The van der Waals surface area contributed by atoms with E-state index in [9.17, 15) is 14.7 Å². The van der Waals surface area contributed by atoms with Crippen molar-refractivity contribution in [1.29, 1.82) is 0 Å². The van der Waals surface area contributed by atoms with Crippen LogP contribution in [0.25, 0.3) is 0 Å². The van der Waals surface area contributed by atoms with Crippen molar-refractivity contribution in [3.8, 4) is 0 Å². The number of carbonyl (C=O) groups is 2. The quantitative estimate of drug-likeness (QED) is 0.724. The minimum Gasteiger partial charge on any atom is -0.481 e. The topological polar surface area (TPSA) is 78.4 Å². The lowest BCUT2D eigenvalue weighted by Crippen LogP contribution is -2.46. The summed E-state index contributed by atoms with van der Waals surface area (Å²) in [5, 5.41) is 15.0. The first kappa shape index (κ1) is 15.1. The van der Waals surface area contributed by atoms with Crippen LogP contribution in [0.1, 0.15) is 51.9 Å². The van der Waals surface area contributed by atoms with Crippen molar-refractivity contribution >= 4 is 12.0 Å². The van der Waals surface area contributed by atoms with Gasteiger partial charge < -0.3 is 15.7 Å². The predicted octanol–water partition coefficient (Wildman–Crippen LogP) is 2.37. The number of hydrogen-bond donors (Lipinski definition) is 3. The Labute approximate surface area is 120 Å². The van der Waals surface area contributed by atoms with Crippen LogP contribution in [0, 0.1) is 17.3 Å². The summed E-state index contributed by atoms with van der Waals surface area (Å²) in [4.78, 5) is 23.0. The Bertz CT molecular complexity index is 366. The average Bonchev–Trinajstić information content (AvgIpc) is 2.41. The molecule has 0 aliphatic heterocycles. The third-order valence-corrected chi connectivity index (χ3v) is 4.99. The minimum atomic E-state index is -0.723. The lowest BCUT2D eigenvalue weighted by atomic mass is 9.70. The van der Waals surface area contributed by atoms with Gasteiger partial charge in [-0.1, -0.05) is 26.2 Å². The van der Waals surface area contributed by atoms with Crippen LogP contribution in [0.3, 0.4) is 0 Å². The van der Waals surface area contributed by atoms with Gasteiger partial charge in [-0.2, -0.15) is 0 Å². The molecular formula is C15H26N2O3. The fourth-order valence-corrected chi connectivity index (χ4v) is 3.31. The maximum atomic E-state index is 11.8. The molecule has 2 amide bonds. The predicted molar refractivity (Wildman–Crippen MR) is 76.4 cm³/mol. The van der Waals surface area contributed by atoms with E-state index in [1.165, 1.54) is 19.3 Å². The van der Waals surface area contributed by atoms with Gasteiger partial charge in [0.25, 0.3) is 0 Å². The Kier molecular flexibility index (Phi) is 4.89. The summed E-state index contributed by atoms with van der Waals surface area (Å²) in [6, 6.07) is -0.159. The van der Waals surface area contributed by atoms with Gasteiger partial charge in [0.15, 0.2) is 0 Å². The Morgan fingerprint density at radius 3 is 2.45 bits per heavy atom. The zero-order chi connectivity index (χ0) is 14.6. The molecule has 0 bridgehead atoms. The molecule has 0 aromatic carbocycles. The number of carbonyl (C=O) groups excluding carboxylic acids is 1. The molecule has 0 spiro atoms. The summed E-state index contributed by atoms with van der Waals surface area (Å²) >= 11 is 0. The van der Waals surface area contributed by atoms with Gasteiger partial charge in [-0.05, 0) is 37.0 Å². The van der Waals surface area contributed by atoms with Crippen molar-refractivity contribution in [2.45, 2.75) is 51.9 Å². The van der Waals surface area contributed by atoms with Crippen molar-refractivity contribution in [3.63, 3.8) is 0 Å². The second-order valence-electron chi connectivity index (χ2n) is 6.72. The number of aliphatic carboxylic acids is 1. The number of carboxylic acid groups (broad SMARTS) is 1. The molecule has 0 aromatic rings. The van der Waals surface area contributed by atoms with E-state index in [0.29, 0.717) is 13.1 Å². The molecule has 2 aliphatic rings. The van der Waals surface area contributed by atoms with Crippen LogP contribution < -0.4 is 10.6 Å². The Morgan fingerprint density at radius 2 is 1.85 bits per heavy atom. The lowest BCUT2D eigenvalue weighted by Gasteiger charge is -2.38. The highest BCUT2D eigenvalue weighted by molar-refractivity contribution is 5.74. The first-order chi connectivity index (χ1) is 9.50. The van der Waals surface area contributed by atoms with E-state index in [0.717, 1.165) is 25.7 Å². The van der Waals surface area contributed by atoms with E-state index in [4.69, 9.17) is 0 Å². The molecule has 0 heterocycles. The molecule has 114 valence electrons. The van der Waals surface area contributed by atoms with Gasteiger partial charge >= 0.3 is 12.0 Å². The van der Waals surface area contributed by atoms with E-state index in [2.05, 4.69) is 17.6 Å². The van der Waals surface area contributed by atoms with Crippen molar-refractivity contribution in [2.75, 3.05) is 13.1 Å². The first-order valence-corrected chi connectivity index (χ1v) is 7.75. The Balaban J connectivity index is 1.70. The lowest BCUT2D eigenvalue weighted by molar-refractivity contribution is -0.144. The minimum absolute atomic E-state index is 0.0753. The highest BCUT2D eigenvalue weighted by Gasteiger charge is 2.33. The number of amides is 2. The molecule has 2 rings (SSSR count). The van der Waals surface area contributed by atoms with Gasteiger partial charge in [-0.25, -0.2) is 4.79 Å². The number of hydrogen-bond acceptors (Lipinski definition) is 2. The molecule has 0 aromatic heterocycles. The maximum absolute atomic E-state index is 11.8. The average molecular weight is 282 g/mol. The Morgan fingerprint density at radius 1 is 1.15 bits per heavy atom. The number of carboxylic acids is 1. The summed E-state index contributed by atoms with van der Waals surface area (Å²) < 4.78 is 0. The van der Waals surface area contributed by atoms with Gasteiger partial charge in [0.1, 0.15) is 0 Å². The summed E-state index contributed by atoms with van der Waals surface area (Å²) in [6.45, 7) is 3.38. The highest BCUT2D eigenvalue weighted by Crippen LogP contribution is 2.39. The zero-order valence-electron chi connectivity index (χ0n) is 12.3. The fourth-order valence-electron chi connectivity index (χ4n) is 3.31. The van der Waals surface area contributed by atoms with Gasteiger partial charge in [0.05, 0.1) is 5.92 Å². The van der Waals surface area contributed by atoms with E-state index >= 15 is 0 Å². The second-order valence-corrected chi connectivity index (χ2v) is 6.72. The molecule has 5 heteroatoms. The molecular weight excluding hydrogens is 256 g/mol. The van der Waals surface area contributed by atoms with Gasteiger partial charge in [0.2, 0.25) is 0 Å². The van der Waals surface area contributed by atoms with Crippen molar-refractivity contribution in [2.24, 2.45) is 17.3 Å². The third-order valence-electron chi connectivity index (χ3n) is 4.99. The maximum Gasteiger partial charge on any atom is 0.314 e. The van der Waals surface area contributed by atoms with E-state index in [-0.39, 0.29) is 23.3 Å². The SMILES string of the molecule is CC1(CNC(=O)NCC2CCCCC2C(=O)O)CCC1. The molecule has 2 unspecified atom stereocenters. The van der Waals surface area contributed by atoms with Crippen LogP contribution in [0.15, 0.2) is 0 Å². The van der Waals surface area contributed by atoms with Crippen LogP contribution in [-0.4, -0.2) is 30.2 Å². The Hall–Kier alpha value is -1.26. The molecule has 0 radical (unpaired) electrons. The fraction of sp³-hybridized carbons (Fsp3) is 0.867. The molecule has 2 aliphatic carbocycles. The van der Waals surface area contributed by atoms with Crippen molar-refractivity contribution in [3.05, 3.63) is 0 Å². The van der Waals surface area contributed by atoms with Crippen molar-refractivity contribution in [1.82, 2.24) is 10.6 Å². The first-order valence-electron chi connectivity index (χ1n) is 7.75. The van der Waals surface area contributed by atoms with Gasteiger partial charge in [0, 0.05) is 13.1 Å². The van der Waals surface area contributed by atoms with E-state index < -0.39 is 5.97 Å². The summed E-state index contributed by atoms with van der Waals surface area (Å²) in [5.74, 6) is -0.946. The molecule has 2 fully saturated rings. The van der Waals surface area contributed by atoms with Gasteiger partial charge in [-0.15, -0.1) is 0 Å². The molecule has 5 nitrogen and oxygen atoms in total. The number of nitrogens with one attached hydrogen (secondary N) is 2. The standard InChI is InChI=1S/C15H26N2O3/c1-15(7-4-8-15)10-17-14(20)16-9-11-5-2-3-6-12(11)13(18)19/h11-12H,2-10H2,1H3,(H,18,19)(H2,16,17,20). The molecule has 2 atom stereocenters. The third kappa shape index (κ3) is 3.87. The van der Waals surface area contributed by atoms with Crippen LogP contribution >= 0.6 is 0 Å². The molecule has 2 saturated carbocycles. The number of rotatable bonds is 5. The van der Waals surface area contributed by atoms with Crippen LogP contribution in [0.4, 0.5) is 4.79 Å². The monoisotopic (exact) mass is 282 g/mol. The van der Waals surface area contributed by atoms with Gasteiger partial charge in [-0.3, -0.25) is 4.79 Å². The second kappa shape index (κ2) is 6.46. The smallest absolute Gasteiger partial charge is 0.314 e.